The van der Waals surface area contributed by atoms with Gasteiger partial charge in [-0.05, 0) is 6.42 Å². The van der Waals surface area contributed by atoms with Gasteiger partial charge in [-0.2, -0.15) is 0 Å². The summed E-state index contributed by atoms with van der Waals surface area (Å²) < 4.78 is 4.97. The van der Waals surface area contributed by atoms with Crippen molar-refractivity contribution in [3.8, 4) is 0 Å². The minimum Gasteiger partial charge on any atom is -0.464 e. The largest absolute Gasteiger partial charge is 0.464 e. The van der Waals surface area contributed by atoms with Crippen molar-refractivity contribution in [2.24, 2.45) is 5.92 Å². The maximum atomic E-state index is 10.9. The van der Waals surface area contributed by atoms with Crippen LogP contribution in [0, 0.1) is 5.92 Å². The smallest absolute Gasteiger partial charge is 0.308 e. The second-order valence-corrected chi connectivity index (χ2v) is 4.09. The summed E-state index contributed by atoms with van der Waals surface area (Å²) in [6.45, 7) is 6.19. The molecule has 1 atom stereocenters. The molecule has 0 bridgehead atoms. The topological polar surface area (TPSA) is 26.3 Å². The summed E-state index contributed by atoms with van der Waals surface area (Å²) in [4.78, 5) is 11.2. The van der Waals surface area contributed by atoms with Crippen molar-refractivity contribution >= 4 is 21.9 Å². The summed E-state index contributed by atoms with van der Waals surface area (Å²) in [7, 11) is 0. The first-order valence-electron chi connectivity index (χ1n) is 3.88. The van der Waals surface area contributed by atoms with Crippen LogP contribution in [0.2, 0.25) is 0 Å². The van der Waals surface area contributed by atoms with Gasteiger partial charge in [0.2, 0.25) is 0 Å². The van der Waals surface area contributed by atoms with E-state index in [2.05, 4.69) is 15.9 Å². The van der Waals surface area contributed by atoms with E-state index < -0.39 is 0 Å². The average molecular weight is 223 g/mol. The lowest BCUT2D eigenvalue weighted by atomic mass is 10.2. The maximum absolute atomic E-state index is 10.9. The number of rotatable bonds is 4. The molecule has 3 heteroatoms. The van der Waals surface area contributed by atoms with Crippen LogP contribution >= 0.6 is 15.9 Å². The highest BCUT2D eigenvalue weighted by molar-refractivity contribution is 9.09. The van der Waals surface area contributed by atoms with Crippen molar-refractivity contribution in [1.29, 1.82) is 0 Å². The molecule has 0 fully saturated rings. The summed E-state index contributed by atoms with van der Waals surface area (Å²) >= 11 is 3.38. The first-order valence-corrected chi connectivity index (χ1v) is 4.80. The summed E-state index contributed by atoms with van der Waals surface area (Å²) in [6.07, 6.45) is 0.978. The Morgan fingerprint density at radius 3 is 2.45 bits per heavy atom. The minimum absolute atomic E-state index is 0.0217. The van der Waals surface area contributed by atoms with Gasteiger partial charge < -0.3 is 4.74 Å². The third kappa shape index (κ3) is 5.24. The Balaban J connectivity index is 3.46. The molecule has 0 heterocycles. The normalized spacial score (nSPS) is 13.2. The van der Waals surface area contributed by atoms with Crippen LogP contribution in [0.4, 0.5) is 0 Å². The van der Waals surface area contributed by atoms with E-state index in [1.807, 2.05) is 20.8 Å². The van der Waals surface area contributed by atoms with Crippen molar-refractivity contribution in [2.75, 3.05) is 6.61 Å². The highest BCUT2D eigenvalue weighted by Gasteiger charge is 2.09. The van der Waals surface area contributed by atoms with Crippen LogP contribution in [0.15, 0.2) is 0 Å². The number of carbonyl (C=O) groups excluding carboxylic acids is 1. The maximum Gasteiger partial charge on any atom is 0.308 e. The molecule has 0 rings (SSSR count). The lowest BCUT2D eigenvalue weighted by Crippen LogP contribution is -2.17. The molecule has 0 aliphatic rings. The zero-order valence-corrected chi connectivity index (χ0v) is 8.85. The van der Waals surface area contributed by atoms with Crippen LogP contribution < -0.4 is 0 Å². The van der Waals surface area contributed by atoms with Crippen molar-refractivity contribution in [1.82, 2.24) is 0 Å². The van der Waals surface area contributed by atoms with Gasteiger partial charge in [-0.25, -0.2) is 0 Å². The van der Waals surface area contributed by atoms with Gasteiger partial charge in [0.25, 0.3) is 0 Å². The zero-order chi connectivity index (χ0) is 8.85. The van der Waals surface area contributed by atoms with Gasteiger partial charge in [-0.1, -0.05) is 36.7 Å². The molecule has 0 aromatic rings. The van der Waals surface area contributed by atoms with Crippen LogP contribution in [-0.2, 0) is 9.53 Å². The van der Waals surface area contributed by atoms with Crippen LogP contribution in [0.25, 0.3) is 0 Å². The Bertz CT molecular complexity index is 123. The molecule has 0 aliphatic heterocycles. The van der Waals surface area contributed by atoms with E-state index in [0.717, 1.165) is 6.42 Å². The van der Waals surface area contributed by atoms with E-state index >= 15 is 0 Å². The van der Waals surface area contributed by atoms with Crippen LogP contribution in [0.3, 0.4) is 0 Å². The summed E-state index contributed by atoms with van der Waals surface area (Å²) in [6, 6.07) is 0. The third-order valence-electron chi connectivity index (χ3n) is 1.32. The lowest BCUT2D eigenvalue weighted by Gasteiger charge is -2.09. The quantitative estimate of drug-likeness (QED) is 0.540. The van der Waals surface area contributed by atoms with Crippen LogP contribution in [0.1, 0.15) is 27.2 Å². The summed E-state index contributed by atoms with van der Waals surface area (Å²) in [5, 5.41) is 0. The monoisotopic (exact) mass is 222 g/mol. The molecule has 0 spiro atoms. The van der Waals surface area contributed by atoms with E-state index in [-0.39, 0.29) is 11.9 Å². The second-order valence-electron chi connectivity index (χ2n) is 2.79. The molecule has 0 saturated carbocycles. The van der Waals surface area contributed by atoms with Crippen molar-refractivity contribution in [3.05, 3.63) is 0 Å². The van der Waals surface area contributed by atoms with E-state index in [1.165, 1.54) is 0 Å². The van der Waals surface area contributed by atoms with Gasteiger partial charge in [0.1, 0.15) is 6.61 Å². The number of carbonyl (C=O) groups is 1. The molecular formula is C8H15BrO2. The van der Waals surface area contributed by atoms with E-state index in [0.29, 0.717) is 11.4 Å². The Morgan fingerprint density at radius 1 is 1.55 bits per heavy atom. The van der Waals surface area contributed by atoms with E-state index in [1.54, 1.807) is 0 Å². The van der Waals surface area contributed by atoms with Gasteiger partial charge in [-0.15, -0.1) is 0 Å². The Kier molecular flexibility index (Phi) is 5.56. The molecule has 0 aromatic carbocycles. The number of halogens is 1. The van der Waals surface area contributed by atoms with Gasteiger partial charge >= 0.3 is 5.97 Å². The Morgan fingerprint density at radius 2 is 2.09 bits per heavy atom. The van der Waals surface area contributed by atoms with E-state index in [4.69, 9.17) is 4.74 Å². The van der Waals surface area contributed by atoms with Crippen molar-refractivity contribution < 1.29 is 9.53 Å². The number of alkyl halides is 1. The van der Waals surface area contributed by atoms with Gasteiger partial charge in [0.15, 0.2) is 0 Å². The molecular weight excluding hydrogens is 208 g/mol. The first kappa shape index (κ1) is 11.0. The molecule has 2 nitrogen and oxygen atoms in total. The fourth-order valence-electron chi connectivity index (χ4n) is 0.457. The van der Waals surface area contributed by atoms with Gasteiger partial charge in [0, 0.05) is 4.83 Å². The number of hydrogen-bond donors (Lipinski definition) is 0. The minimum atomic E-state index is -0.122. The highest BCUT2D eigenvalue weighted by atomic mass is 79.9. The van der Waals surface area contributed by atoms with Crippen molar-refractivity contribution in [3.63, 3.8) is 0 Å². The predicted molar refractivity (Wildman–Crippen MR) is 48.8 cm³/mol. The molecule has 0 aliphatic carbocycles. The zero-order valence-electron chi connectivity index (χ0n) is 7.26. The summed E-state index contributed by atoms with van der Waals surface area (Å²) in [5.74, 6) is -0.144. The average Bonchev–Trinajstić information content (AvgIpc) is 1.99. The molecule has 0 aromatic heterocycles. The number of hydrogen-bond acceptors (Lipinski definition) is 2. The van der Waals surface area contributed by atoms with E-state index in [9.17, 15) is 4.79 Å². The Hall–Kier alpha value is -0.0500. The summed E-state index contributed by atoms with van der Waals surface area (Å²) in [5.41, 5.74) is 0. The highest BCUT2D eigenvalue weighted by Crippen LogP contribution is 2.06. The second kappa shape index (κ2) is 5.58. The SMILES string of the molecule is CCC(Br)COC(=O)C(C)C. The number of ether oxygens (including phenoxy) is 1. The van der Waals surface area contributed by atoms with Gasteiger partial charge in [0.05, 0.1) is 5.92 Å². The number of esters is 1. The molecule has 66 valence electrons. The third-order valence-corrected chi connectivity index (χ3v) is 2.23. The molecule has 0 amide bonds. The molecule has 11 heavy (non-hydrogen) atoms. The van der Waals surface area contributed by atoms with Crippen molar-refractivity contribution in [2.45, 2.75) is 32.0 Å². The molecule has 1 unspecified atom stereocenters. The molecule has 0 saturated heterocycles. The van der Waals surface area contributed by atoms with Crippen LogP contribution in [-0.4, -0.2) is 17.4 Å². The standard InChI is InChI=1S/C8H15BrO2/c1-4-7(9)5-11-8(10)6(2)3/h6-7H,4-5H2,1-3H3. The lowest BCUT2D eigenvalue weighted by molar-refractivity contribution is -0.147. The van der Waals surface area contributed by atoms with Gasteiger partial charge in [-0.3, -0.25) is 4.79 Å². The predicted octanol–water partition coefficient (Wildman–Crippen LogP) is 2.36. The fourth-order valence-corrected chi connectivity index (χ4v) is 0.589. The molecule has 0 radical (unpaired) electrons. The Labute approximate surface area is 76.4 Å². The van der Waals surface area contributed by atoms with Crippen LogP contribution in [0.5, 0.6) is 0 Å². The fraction of sp³-hybridized carbons (Fsp3) is 0.875. The molecule has 0 N–H and O–H groups in total. The first-order chi connectivity index (χ1) is 5.07.